The van der Waals surface area contributed by atoms with Gasteiger partial charge in [-0.15, -0.1) is 0 Å². The van der Waals surface area contributed by atoms with Crippen molar-refractivity contribution in [3.05, 3.63) is 29.8 Å². The Hall–Kier alpha value is -1.51. The molecule has 1 saturated heterocycles. The molecule has 0 unspecified atom stereocenters. The number of methoxy groups -OCH3 is 1. The van der Waals surface area contributed by atoms with Crippen molar-refractivity contribution in [3.8, 4) is 5.75 Å². The van der Waals surface area contributed by atoms with Crippen molar-refractivity contribution in [2.75, 3.05) is 20.2 Å². The third-order valence-electron chi connectivity index (χ3n) is 1.91. The van der Waals surface area contributed by atoms with Crippen molar-refractivity contribution in [2.45, 2.75) is 0 Å². The van der Waals surface area contributed by atoms with Crippen LogP contribution in [-0.4, -0.2) is 31.4 Å². The van der Waals surface area contributed by atoms with Crippen molar-refractivity contribution in [1.29, 1.82) is 0 Å². The second-order valence-electron chi connectivity index (χ2n) is 2.97. The molecule has 0 aliphatic carbocycles. The zero-order valence-corrected chi connectivity index (χ0v) is 7.60. The zero-order valence-electron chi connectivity index (χ0n) is 7.60. The van der Waals surface area contributed by atoms with Crippen molar-refractivity contribution in [3.63, 3.8) is 0 Å². The molecule has 1 fully saturated rings. The fourth-order valence-electron chi connectivity index (χ4n) is 0.998. The molecule has 0 spiro atoms. The van der Waals surface area contributed by atoms with Crippen molar-refractivity contribution in [1.82, 2.24) is 5.01 Å². The Morgan fingerprint density at radius 2 is 2.00 bits per heavy atom. The SMILES string of the molecule is COc1ccc(/C=N/N2CC2)cc1. The van der Waals surface area contributed by atoms with E-state index < -0.39 is 0 Å². The number of ether oxygens (including phenoxy) is 1. The number of hydrogen-bond acceptors (Lipinski definition) is 3. The van der Waals surface area contributed by atoms with Crippen LogP contribution in [0.25, 0.3) is 0 Å². The van der Waals surface area contributed by atoms with E-state index in [9.17, 15) is 0 Å². The second-order valence-corrected chi connectivity index (χ2v) is 2.97. The molecule has 1 aliphatic rings. The molecule has 3 heteroatoms. The van der Waals surface area contributed by atoms with Gasteiger partial charge in [0.15, 0.2) is 0 Å². The van der Waals surface area contributed by atoms with Gasteiger partial charge in [-0.05, 0) is 29.8 Å². The van der Waals surface area contributed by atoms with E-state index >= 15 is 0 Å². The number of benzene rings is 1. The number of hydrazone groups is 1. The van der Waals surface area contributed by atoms with E-state index in [1.807, 2.05) is 35.5 Å². The molecule has 3 nitrogen and oxygen atoms in total. The first kappa shape index (κ1) is 8.10. The molecule has 13 heavy (non-hydrogen) atoms. The Bertz CT molecular complexity index is 301. The van der Waals surface area contributed by atoms with Gasteiger partial charge in [-0.3, -0.25) is 5.01 Å². The standard InChI is InChI=1S/C10H12N2O/c1-13-10-4-2-9(3-5-10)8-11-12-6-7-12/h2-5,8H,6-7H2,1H3/b11-8+. The first-order valence-corrected chi connectivity index (χ1v) is 4.31. The molecule has 1 aliphatic heterocycles. The first-order valence-electron chi connectivity index (χ1n) is 4.31. The summed E-state index contributed by atoms with van der Waals surface area (Å²) in [6.07, 6.45) is 1.87. The summed E-state index contributed by atoms with van der Waals surface area (Å²) in [6.45, 7) is 2.18. The van der Waals surface area contributed by atoms with E-state index in [0.717, 1.165) is 24.4 Å². The molecule has 1 aromatic rings. The molecule has 0 aromatic heterocycles. The molecular formula is C10H12N2O. The fraction of sp³-hybridized carbons (Fsp3) is 0.300. The Kier molecular flexibility index (Phi) is 2.17. The van der Waals surface area contributed by atoms with Crippen molar-refractivity contribution >= 4 is 6.21 Å². The molecule has 0 atom stereocenters. The van der Waals surface area contributed by atoms with Gasteiger partial charge in [-0.2, -0.15) is 5.10 Å². The molecule has 1 aromatic carbocycles. The van der Waals surface area contributed by atoms with Gasteiger partial charge in [0, 0.05) is 0 Å². The van der Waals surface area contributed by atoms with Crippen LogP contribution in [0.3, 0.4) is 0 Å². The summed E-state index contributed by atoms with van der Waals surface area (Å²) in [5.74, 6) is 0.879. The summed E-state index contributed by atoms with van der Waals surface area (Å²) in [7, 11) is 1.67. The Morgan fingerprint density at radius 3 is 2.54 bits per heavy atom. The third-order valence-corrected chi connectivity index (χ3v) is 1.91. The maximum absolute atomic E-state index is 5.05. The average molecular weight is 176 g/mol. The van der Waals surface area contributed by atoms with Crippen molar-refractivity contribution < 1.29 is 4.74 Å². The molecule has 0 bridgehead atoms. The lowest BCUT2D eigenvalue weighted by molar-refractivity contribution is 0.415. The smallest absolute Gasteiger partial charge is 0.118 e. The van der Waals surface area contributed by atoms with Gasteiger partial charge < -0.3 is 4.74 Å². The highest BCUT2D eigenvalue weighted by atomic mass is 16.5. The second kappa shape index (κ2) is 3.47. The van der Waals surface area contributed by atoms with Crippen LogP contribution in [-0.2, 0) is 0 Å². The Balaban J connectivity index is 2.03. The maximum atomic E-state index is 5.05. The van der Waals surface area contributed by atoms with Gasteiger partial charge in [0.2, 0.25) is 0 Å². The Labute approximate surface area is 77.6 Å². The summed E-state index contributed by atoms with van der Waals surface area (Å²) in [5, 5.41) is 6.23. The first-order chi connectivity index (χ1) is 6.38. The van der Waals surface area contributed by atoms with E-state index in [4.69, 9.17) is 4.74 Å². The minimum atomic E-state index is 0.879. The highest BCUT2D eigenvalue weighted by Crippen LogP contribution is 2.10. The molecular weight excluding hydrogens is 164 g/mol. The topological polar surface area (TPSA) is 24.6 Å². The monoisotopic (exact) mass is 176 g/mol. The highest BCUT2D eigenvalue weighted by Gasteiger charge is 2.12. The highest BCUT2D eigenvalue weighted by molar-refractivity contribution is 5.79. The summed E-state index contributed by atoms with van der Waals surface area (Å²) in [6, 6.07) is 7.85. The van der Waals surface area contributed by atoms with Crippen molar-refractivity contribution in [2.24, 2.45) is 5.10 Å². The van der Waals surface area contributed by atoms with E-state index in [-0.39, 0.29) is 0 Å². The number of hydrogen-bond donors (Lipinski definition) is 0. The number of nitrogens with zero attached hydrogens (tertiary/aromatic N) is 2. The molecule has 0 N–H and O–H groups in total. The third kappa shape index (κ3) is 2.21. The minimum absolute atomic E-state index is 0.879. The molecule has 68 valence electrons. The van der Waals surface area contributed by atoms with Gasteiger partial charge >= 0.3 is 0 Å². The summed E-state index contributed by atoms with van der Waals surface area (Å²) in [5.41, 5.74) is 1.10. The van der Waals surface area contributed by atoms with Crippen LogP contribution in [0.15, 0.2) is 29.4 Å². The quantitative estimate of drug-likeness (QED) is 0.513. The van der Waals surface area contributed by atoms with Gasteiger partial charge in [-0.25, -0.2) is 0 Å². The lowest BCUT2D eigenvalue weighted by Crippen LogP contribution is -1.87. The normalized spacial score (nSPS) is 15.0. The maximum Gasteiger partial charge on any atom is 0.118 e. The van der Waals surface area contributed by atoms with E-state index in [1.165, 1.54) is 0 Å². The van der Waals surface area contributed by atoms with E-state index in [1.54, 1.807) is 7.11 Å². The van der Waals surface area contributed by atoms with Gasteiger partial charge in [0.1, 0.15) is 5.75 Å². The molecule has 0 amide bonds. The molecule has 0 saturated carbocycles. The largest absolute Gasteiger partial charge is 0.497 e. The van der Waals surface area contributed by atoms with Crippen LogP contribution in [0.5, 0.6) is 5.75 Å². The van der Waals surface area contributed by atoms with E-state index in [2.05, 4.69) is 5.10 Å². The summed E-state index contributed by atoms with van der Waals surface area (Å²) < 4.78 is 5.05. The molecule has 1 heterocycles. The predicted octanol–water partition coefficient (Wildman–Crippen LogP) is 1.34. The lowest BCUT2D eigenvalue weighted by atomic mass is 10.2. The van der Waals surface area contributed by atoms with Crippen LogP contribution >= 0.6 is 0 Å². The van der Waals surface area contributed by atoms with Crippen LogP contribution in [0.4, 0.5) is 0 Å². The van der Waals surface area contributed by atoms with Crippen LogP contribution in [0.1, 0.15) is 5.56 Å². The predicted molar refractivity (Wildman–Crippen MR) is 52.2 cm³/mol. The summed E-state index contributed by atoms with van der Waals surface area (Å²) in [4.78, 5) is 0. The van der Waals surface area contributed by atoms with Crippen LogP contribution in [0, 0.1) is 0 Å². The van der Waals surface area contributed by atoms with E-state index in [0.29, 0.717) is 0 Å². The summed E-state index contributed by atoms with van der Waals surface area (Å²) >= 11 is 0. The van der Waals surface area contributed by atoms with Gasteiger partial charge in [0.25, 0.3) is 0 Å². The fourth-order valence-corrected chi connectivity index (χ4v) is 0.998. The molecule has 2 rings (SSSR count). The van der Waals surface area contributed by atoms with Crippen LogP contribution < -0.4 is 4.74 Å². The van der Waals surface area contributed by atoms with Gasteiger partial charge in [-0.1, -0.05) is 0 Å². The lowest BCUT2D eigenvalue weighted by Gasteiger charge is -1.98. The number of rotatable bonds is 3. The van der Waals surface area contributed by atoms with Gasteiger partial charge in [0.05, 0.1) is 26.4 Å². The minimum Gasteiger partial charge on any atom is -0.497 e. The average Bonchev–Trinajstić information content (AvgIpc) is 2.99. The zero-order chi connectivity index (χ0) is 9.10. The van der Waals surface area contributed by atoms with Crippen LogP contribution in [0.2, 0.25) is 0 Å². The Morgan fingerprint density at radius 1 is 1.31 bits per heavy atom. The molecule has 0 radical (unpaired) electrons.